The zero-order valence-electron chi connectivity index (χ0n) is 61.2. The first-order valence-corrected chi connectivity index (χ1v) is 36.8. The largest absolute Gasteiger partial charge is 0.313 e. The Morgan fingerprint density at radius 1 is 0.188 bits per heavy atom. The van der Waals surface area contributed by atoms with Crippen molar-refractivity contribution in [3.8, 4) is 34.1 Å². The lowest BCUT2D eigenvalue weighted by molar-refractivity contribution is 0.376. The van der Waals surface area contributed by atoms with E-state index in [1.807, 2.05) is 0 Å². The van der Waals surface area contributed by atoms with Crippen molar-refractivity contribution in [1.82, 2.24) is 27.4 Å². The summed E-state index contributed by atoms with van der Waals surface area (Å²) in [5.74, 6) is -21.1. The van der Waals surface area contributed by atoms with Gasteiger partial charge < -0.3 is 27.4 Å². The number of hydrogen-bond acceptors (Lipinski definition) is 0. The van der Waals surface area contributed by atoms with Crippen LogP contribution in [0.1, 0.15) is 45.0 Å². The van der Waals surface area contributed by atoms with Gasteiger partial charge in [-0.25, -0.2) is 43.9 Å². The Labute approximate surface area is 630 Å². The number of benzene rings is 16. The molecular formula is C96H60F10N6. The Morgan fingerprint density at radius 3 is 0.643 bits per heavy atom. The van der Waals surface area contributed by atoms with Gasteiger partial charge in [0.2, 0.25) is 11.6 Å². The molecule has 22 aromatic rings. The van der Waals surface area contributed by atoms with Crippen molar-refractivity contribution < 1.29 is 43.9 Å². The van der Waals surface area contributed by atoms with Gasteiger partial charge in [0.05, 0.1) is 44.1 Å². The van der Waals surface area contributed by atoms with Crippen LogP contribution >= 0.6 is 0 Å². The summed E-state index contributed by atoms with van der Waals surface area (Å²) in [6.07, 6.45) is 0. The van der Waals surface area contributed by atoms with Crippen molar-refractivity contribution in [2.24, 2.45) is 0 Å². The van der Waals surface area contributed by atoms with Crippen LogP contribution in [-0.4, -0.2) is 27.4 Å². The lowest BCUT2D eigenvalue weighted by Gasteiger charge is -2.18. The van der Waals surface area contributed by atoms with E-state index in [0.717, 1.165) is 20.5 Å². The van der Waals surface area contributed by atoms with Crippen molar-refractivity contribution in [3.63, 3.8) is 0 Å². The molecule has 0 amide bonds. The van der Waals surface area contributed by atoms with E-state index in [2.05, 4.69) is 228 Å². The molecule has 0 aliphatic heterocycles. The van der Waals surface area contributed by atoms with Gasteiger partial charge in [0.25, 0.3) is 0 Å². The van der Waals surface area contributed by atoms with Crippen LogP contribution in [0.25, 0.3) is 186 Å². The summed E-state index contributed by atoms with van der Waals surface area (Å²) in [5, 5.41) is 19.3. The maximum Gasteiger partial charge on any atom is 0.200 e. The Bertz CT molecular complexity index is 7330. The molecule has 0 saturated heterocycles. The van der Waals surface area contributed by atoms with Crippen molar-refractivity contribution >= 4 is 152 Å². The molecule has 6 aromatic heterocycles. The molecule has 0 spiro atoms. The molecule has 544 valence electrons. The van der Waals surface area contributed by atoms with Crippen molar-refractivity contribution in [3.05, 3.63) is 322 Å². The normalized spacial score (nSPS) is 12.4. The Morgan fingerprint density at radius 2 is 0.393 bits per heavy atom. The van der Waals surface area contributed by atoms with Crippen LogP contribution < -0.4 is 0 Å². The van der Waals surface area contributed by atoms with Crippen LogP contribution in [0, 0.1) is 114 Å². The van der Waals surface area contributed by atoms with E-state index < -0.39 is 69.5 Å². The van der Waals surface area contributed by atoms with E-state index >= 15 is 17.6 Å². The van der Waals surface area contributed by atoms with E-state index in [1.165, 1.54) is 145 Å². The van der Waals surface area contributed by atoms with Crippen LogP contribution in [0.5, 0.6) is 0 Å². The number of rotatable bonds is 6. The van der Waals surface area contributed by atoms with E-state index in [-0.39, 0.29) is 22.4 Å². The molecule has 0 aliphatic rings. The molecule has 22 rings (SSSR count). The Kier molecular flexibility index (Phi) is 14.1. The van der Waals surface area contributed by atoms with E-state index in [9.17, 15) is 26.3 Å². The molecule has 0 bridgehead atoms. The molecule has 0 aliphatic carbocycles. The van der Waals surface area contributed by atoms with Crippen LogP contribution in [0.4, 0.5) is 43.9 Å². The number of aromatic nitrogens is 6. The molecule has 112 heavy (non-hydrogen) atoms. The quantitative estimate of drug-likeness (QED) is 0.0687. The number of fused-ring (bicyclic) bond motifs is 14. The molecule has 0 radical (unpaired) electrons. The molecule has 0 fully saturated rings. The zero-order valence-corrected chi connectivity index (χ0v) is 61.2. The highest BCUT2D eigenvalue weighted by Gasteiger charge is 2.34. The van der Waals surface area contributed by atoms with Crippen molar-refractivity contribution in [1.29, 1.82) is 0 Å². The monoisotopic (exact) mass is 1490 g/mol. The fourth-order valence-electron chi connectivity index (χ4n) is 18.8. The minimum absolute atomic E-state index is 0.137. The van der Waals surface area contributed by atoms with Gasteiger partial charge >= 0.3 is 0 Å². The highest BCUT2D eigenvalue weighted by atomic mass is 19.2. The van der Waals surface area contributed by atoms with Crippen molar-refractivity contribution in [2.45, 2.75) is 55.4 Å². The molecular weight excluding hydrogens is 1430 g/mol. The molecule has 0 atom stereocenters. The first kappa shape index (κ1) is 66.8. The molecule has 16 aromatic carbocycles. The predicted octanol–water partition coefficient (Wildman–Crippen LogP) is 27.0. The summed E-state index contributed by atoms with van der Waals surface area (Å²) in [6.45, 7) is 15.4. The number of para-hydroxylation sites is 4. The Balaban J connectivity index is 0.000000148. The summed E-state index contributed by atoms with van der Waals surface area (Å²) in [7, 11) is 0. The topological polar surface area (TPSA) is 29.6 Å². The molecule has 0 saturated carbocycles. The first-order chi connectivity index (χ1) is 54.1. The summed E-state index contributed by atoms with van der Waals surface area (Å²) in [4.78, 5) is 0. The molecule has 6 nitrogen and oxygen atoms in total. The van der Waals surface area contributed by atoms with E-state index in [4.69, 9.17) is 0 Å². The highest BCUT2D eigenvalue weighted by molar-refractivity contribution is 6.35. The van der Waals surface area contributed by atoms with E-state index in [0.29, 0.717) is 54.2 Å². The lowest BCUT2D eigenvalue weighted by Crippen LogP contribution is -2.11. The SMILES string of the molecule is Cc1c(C)n(-c2c(F)c(F)c(F)c(F)c2F)c2c1cc1ccc3c4c(ccc2c14)cc1c(C)c(C)n(-c2c(F)c(F)c(F)c(F)c2F)c13.Cc1c(C)n(-c2ccc(-n3c4ccccc4c4ccccc43)cc2)c2c1cc1ccc3c4c(ccc2c14)cc1c(C)c(C)n(-c2ccc(-n4c5ccccc5c5ccccc54)cc2)c13. The molecule has 6 heterocycles. The fraction of sp³-hybridized carbons (Fsp3) is 0.0833. The number of aryl methyl sites for hydroxylation is 4. The van der Waals surface area contributed by atoms with Gasteiger partial charge in [-0.1, -0.05) is 121 Å². The number of nitrogens with zero attached hydrogens (tertiary/aromatic N) is 6. The zero-order chi connectivity index (χ0) is 76.9. The minimum Gasteiger partial charge on any atom is -0.313 e. The summed E-state index contributed by atoms with van der Waals surface area (Å²) >= 11 is 0. The Hall–Kier alpha value is -13.3. The van der Waals surface area contributed by atoms with Crippen LogP contribution in [0.2, 0.25) is 0 Å². The minimum atomic E-state index is -2.30. The summed E-state index contributed by atoms with van der Waals surface area (Å²) in [6, 6.07) is 77.7. The van der Waals surface area contributed by atoms with Gasteiger partial charge in [-0.3, -0.25) is 0 Å². The second kappa shape index (κ2) is 23.6. The number of halogens is 10. The third-order valence-corrected chi connectivity index (χ3v) is 24.4. The average molecular weight is 1490 g/mol. The molecule has 16 heteroatoms. The summed E-state index contributed by atoms with van der Waals surface area (Å²) < 4.78 is 159. The van der Waals surface area contributed by atoms with Gasteiger partial charge in [-0.05, 0) is 218 Å². The van der Waals surface area contributed by atoms with Gasteiger partial charge in [-0.2, -0.15) is 0 Å². The van der Waals surface area contributed by atoms with Gasteiger partial charge in [0.15, 0.2) is 46.5 Å². The van der Waals surface area contributed by atoms with Gasteiger partial charge in [0.1, 0.15) is 11.4 Å². The molecule has 0 unspecified atom stereocenters. The van der Waals surface area contributed by atoms with Crippen LogP contribution in [-0.2, 0) is 0 Å². The number of hydrogen-bond donors (Lipinski definition) is 0. The fourth-order valence-corrected chi connectivity index (χ4v) is 18.8. The first-order valence-electron chi connectivity index (χ1n) is 36.8. The standard InChI is InChI=1S/C60H42N4.C36H18F10N2/c1-35-37(3)61(41-23-27-43(28-24-41)63-53-17-9-5-13-45(53)46-14-6-10-18-54(46)63)59-49-31-22-40-34-52-36(2)38(4)62(60(52)50-32-21-39(33-51(35)59)57(49)58(40)50)42-25-29-44(30-26-42)64-55-19-11-7-15-47(55)48-16-8-12-20-56(48)64;1-11-13(3)47(35-29(43)25(39)23(37)26(40)30(35)44)33-17-7-6-16-10-20-12(2)14(4)48(36-31(45)27(41)24(38)28(42)32(36)46)34(20)18-8-5-15(9-19(11)33)21(17)22(16)18/h5-34H,1-4H3;5-10H,1-4H3. The van der Waals surface area contributed by atoms with Gasteiger partial charge in [0, 0.05) is 110 Å². The highest BCUT2D eigenvalue weighted by Crippen LogP contribution is 2.50. The summed E-state index contributed by atoms with van der Waals surface area (Å²) in [5.41, 5.74) is 16.6. The second-order valence-corrected chi connectivity index (χ2v) is 29.7. The third-order valence-electron chi connectivity index (χ3n) is 24.4. The van der Waals surface area contributed by atoms with Gasteiger partial charge in [-0.15, -0.1) is 0 Å². The maximum absolute atomic E-state index is 15.3. The van der Waals surface area contributed by atoms with Crippen LogP contribution in [0.15, 0.2) is 218 Å². The van der Waals surface area contributed by atoms with Crippen LogP contribution in [0.3, 0.4) is 0 Å². The molecule has 0 N–H and O–H groups in total. The van der Waals surface area contributed by atoms with E-state index in [1.54, 1.807) is 50.2 Å². The van der Waals surface area contributed by atoms with Crippen molar-refractivity contribution in [2.75, 3.05) is 0 Å². The predicted molar refractivity (Wildman–Crippen MR) is 434 cm³/mol. The lowest BCUT2D eigenvalue weighted by atomic mass is 9.91. The average Bonchev–Trinajstić information content (AvgIpc) is 1.44. The maximum atomic E-state index is 15.3. The third kappa shape index (κ3) is 8.71. The second-order valence-electron chi connectivity index (χ2n) is 29.7. The smallest absolute Gasteiger partial charge is 0.200 e.